The lowest BCUT2D eigenvalue weighted by molar-refractivity contribution is 0.200. The summed E-state index contributed by atoms with van der Waals surface area (Å²) in [6.45, 7) is 0.276. The van der Waals surface area contributed by atoms with E-state index >= 15 is 0 Å². The second-order valence-electron chi connectivity index (χ2n) is 4.24. The molecule has 108 valence electrons. The number of nitrogens with two attached hydrogens (primary N) is 1. The van der Waals surface area contributed by atoms with E-state index in [1.165, 1.54) is 0 Å². The molecular weight excluding hydrogens is 270 g/mol. The Morgan fingerprint density at radius 3 is 2.67 bits per heavy atom. The molecule has 0 aliphatic carbocycles. The number of amides is 1. The van der Waals surface area contributed by atoms with Gasteiger partial charge in [-0.05, 0) is 23.8 Å². The molecule has 0 radical (unpaired) electrons. The average molecular weight is 285 g/mol. The number of nitrogens with one attached hydrogen (secondary N) is 1. The maximum atomic E-state index is 11.6. The Morgan fingerprint density at radius 2 is 1.95 bits per heavy atom. The van der Waals surface area contributed by atoms with Crippen molar-refractivity contribution in [1.29, 1.82) is 0 Å². The van der Waals surface area contributed by atoms with Crippen molar-refractivity contribution in [3.8, 4) is 5.75 Å². The van der Waals surface area contributed by atoms with Crippen molar-refractivity contribution < 1.29 is 14.7 Å². The van der Waals surface area contributed by atoms with Crippen LogP contribution in [0.2, 0.25) is 0 Å². The zero-order valence-corrected chi connectivity index (χ0v) is 11.2. The molecule has 2 rings (SSSR count). The summed E-state index contributed by atoms with van der Waals surface area (Å²) in [6, 6.07) is 15.8. The van der Waals surface area contributed by atoms with Gasteiger partial charge in [0, 0.05) is 12.1 Å². The minimum absolute atomic E-state index is 0.0173. The van der Waals surface area contributed by atoms with Gasteiger partial charge in [-0.15, -0.1) is 0 Å². The molecule has 4 N–H and O–H groups in total. The van der Waals surface area contributed by atoms with E-state index in [9.17, 15) is 4.79 Å². The third-order valence-electron chi connectivity index (χ3n) is 2.72. The Kier molecular flexibility index (Phi) is 4.76. The van der Waals surface area contributed by atoms with Crippen LogP contribution in [0.25, 0.3) is 0 Å². The number of oxime groups is 1. The summed E-state index contributed by atoms with van der Waals surface area (Å²) in [5, 5.41) is 14.2. The normalized spacial score (nSPS) is 11.0. The molecule has 0 aliphatic rings. The summed E-state index contributed by atoms with van der Waals surface area (Å²) in [5.74, 6) is 0.490. The van der Waals surface area contributed by atoms with Crippen molar-refractivity contribution in [2.24, 2.45) is 10.9 Å². The highest BCUT2D eigenvalue weighted by Crippen LogP contribution is 2.09. The van der Waals surface area contributed by atoms with Crippen LogP contribution >= 0.6 is 0 Å². The van der Waals surface area contributed by atoms with Crippen molar-refractivity contribution >= 4 is 11.9 Å². The lowest BCUT2D eigenvalue weighted by atomic mass is 10.1. The van der Waals surface area contributed by atoms with Crippen LogP contribution in [0.5, 0.6) is 5.75 Å². The standard InChI is InChI=1S/C15H15N3O3/c16-14(18-20)12-6-4-5-11(9-12)10-17-15(19)21-13-7-2-1-3-8-13/h1-9,20H,10H2,(H2,16,18)(H,17,19). The van der Waals surface area contributed by atoms with Gasteiger partial charge in [0.15, 0.2) is 5.84 Å². The van der Waals surface area contributed by atoms with Crippen LogP contribution in [0, 0.1) is 0 Å². The van der Waals surface area contributed by atoms with Crippen molar-refractivity contribution in [3.05, 3.63) is 65.7 Å². The minimum Gasteiger partial charge on any atom is -0.410 e. The lowest BCUT2D eigenvalue weighted by Gasteiger charge is -2.07. The maximum absolute atomic E-state index is 11.6. The van der Waals surface area contributed by atoms with Crippen molar-refractivity contribution in [3.63, 3.8) is 0 Å². The van der Waals surface area contributed by atoms with Crippen LogP contribution in [0.3, 0.4) is 0 Å². The fourth-order valence-electron chi connectivity index (χ4n) is 1.70. The van der Waals surface area contributed by atoms with Crippen LogP contribution < -0.4 is 15.8 Å². The molecule has 0 fully saturated rings. The molecule has 0 aliphatic heterocycles. The summed E-state index contributed by atoms with van der Waals surface area (Å²) in [5.41, 5.74) is 6.90. The van der Waals surface area contributed by atoms with Crippen molar-refractivity contribution in [2.75, 3.05) is 0 Å². The number of carbonyl (C=O) groups excluding carboxylic acids is 1. The highest BCUT2D eigenvalue weighted by atomic mass is 16.6. The Balaban J connectivity index is 1.92. The van der Waals surface area contributed by atoms with Gasteiger partial charge < -0.3 is 21.0 Å². The van der Waals surface area contributed by atoms with E-state index in [-0.39, 0.29) is 12.4 Å². The predicted molar refractivity (Wildman–Crippen MR) is 78.3 cm³/mol. The van der Waals surface area contributed by atoms with E-state index in [4.69, 9.17) is 15.7 Å². The van der Waals surface area contributed by atoms with E-state index < -0.39 is 6.09 Å². The third-order valence-corrected chi connectivity index (χ3v) is 2.72. The first-order chi connectivity index (χ1) is 10.2. The Morgan fingerprint density at radius 1 is 1.19 bits per heavy atom. The molecule has 1 amide bonds. The van der Waals surface area contributed by atoms with Gasteiger partial charge in [-0.25, -0.2) is 4.79 Å². The molecule has 2 aromatic rings. The molecule has 21 heavy (non-hydrogen) atoms. The number of carbonyl (C=O) groups is 1. The number of hydrogen-bond acceptors (Lipinski definition) is 4. The molecule has 0 unspecified atom stereocenters. The molecule has 0 heterocycles. The van der Waals surface area contributed by atoms with Crippen LogP contribution in [-0.4, -0.2) is 17.1 Å². The SMILES string of the molecule is NC(=NO)c1cccc(CNC(=O)Oc2ccccc2)c1. The molecule has 0 saturated heterocycles. The van der Waals surface area contributed by atoms with Gasteiger partial charge in [-0.3, -0.25) is 0 Å². The van der Waals surface area contributed by atoms with Crippen molar-refractivity contribution in [1.82, 2.24) is 5.32 Å². The molecule has 0 saturated carbocycles. The largest absolute Gasteiger partial charge is 0.412 e. The highest BCUT2D eigenvalue weighted by Gasteiger charge is 2.05. The van der Waals surface area contributed by atoms with Gasteiger partial charge in [-0.1, -0.05) is 41.6 Å². The first-order valence-electron chi connectivity index (χ1n) is 6.26. The topological polar surface area (TPSA) is 96.9 Å². The Bertz CT molecular complexity index is 642. The summed E-state index contributed by atoms with van der Waals surface area (Å²) in [4.78, 5) is 11.6. The summed E-state index contributed by atoms with van der Waals surface area (Å²) >= 11 is 0. The molecule has 6 heteroatoms. The number of rotatable bonds is 4. The number of amidine groups is 1. The van der Waals surface area contributed by atoms with E-state index in [1.54, 1.807) is 42.5 Å². The van der Waals surface area contributed by atoms with Gasteiger partial charge in [0.2, 0.25) is 0 Å². The monoisotopic (exact) mass is 285 g/mol. The summed E-state index contributed by atoms with van der Waals surface area (Å²) in [6.07, 6.45) is -0.546. The molecule has 0 aromatic heterocycles. The van der Waals surface area contributed by atoms with Gasteiger partial charge >= 0.3 is 6.09 Å². The molecule has 6 nitrogen and oxygen atoms in total. The molecule has 0 bridgehead atoms. The van der Waals surface area contributed by atoms with E-state index in [0.717, 1.165) is 5.56 Å². The van der Waals surface area contributed by atoms with Gasteiger partial charge in [-0.2, -0.15) is 0 Å². The minimum atomic E-state index is -0.546. The maximum Gasteiger partial charge on any atom is 0.412 e. The quantitative estimate of drug-likeness (QED) is 0.347. The number of benzene rings is 2. The fourth-order valence-corrected chi connectivity index (χ4v) is 1.70. The third kappa shape index (κ3) is 4.24. The number of nitrogens with zero attached hydrogens (tertiary/aromatic N) is 1. The van der Waals surface area contributed by atoms with Crippen molar-refractivity contribution in [2.45, 2.75) is 6.54 Å². The number of ether oxygens (including phenoxy) is 1. The highest BCUT2D eigenvalue weighted by molar-refractivity contribution is 5.97. The van der Waals surface area contributed by atoms with E-state index in [0.29, 0.717) is 11.3 Å². The second kappa shape index (κ2) is 6.95. The zero-order valence-electron chi connectivity index (χ0n) is 11.2. The Labute approximate surface area is 121 Å². The van der Waals surface area contributed by atoms with Crippen LogP contribution in [0.15, 0.2) is 59.8 Å². The second-order valence-corrected chi connectivity index (χ2v) is 4.24. The van der Waals surface area contributed by atoms with E-state index in [1.807, 2.05) is 12.1 Å². The fraction of sp³-hybridized carbons (Fsp3) is 0.0667. The van der Waals surface area contributed by atoms with Gasteiger partial charge in [0.05, 0.1) is 0 Å². The summed E-state index contributed by atoms with van der Waals surface area (Å²) in [7, 11) is 0. The first kappa shape index (κ1) is 14.4. The van der Waals surface area contributed by atoms with Crippen LogP contribution in [0.4, 0.5) is 4.79 Å². The zero-order chi connectivity index (χ0) is 15.1. The molecule has 2 aromatic carbocycles. The van der Waals surface area contributed by atoms with E-state index in [2.05, 4.69) is 10.5 Å². The average Bonchev–Trinajstić information content (AvgIpc) is 2.53. The van der Waals surface area contributed by atoms with Gasteiger partial charge in [0.1, 0.15) is 5.75 Å². The summed E-state index contributed by atoms with van der Waals surface area (Å²) < 4.78 is 5.10. The molecule has 0 spiro atoms. The lowest BCUT2D eigenvalue weighted by Crippen LogP contribution is -2.26. The van der Waals surface area contributed by atoms with Crippen LogP contribution in [0.1, 0.15) is 11.1 Å². The number of hydrogen-bond donors (Lipinski definition) is 3. The van der Waals surface area contributed by atoms with Crippen LogP contribution in [-0.2, 0) is 6.54 Å². The Hall–Kier alpha value is -3.02. The smallest absolute Gasteiger partial charge is 0.410 e. The van der Waals surface area contributed by atoms with Gasteiger partial charge in [0.25, 0.3) is 0 Å². The molecular formula is C15H15N3O3. The molecule has 0 atom stereocenters. The number of para-hydroxylation sites is 1. The first-order valence-corrected chi connectivity index (χ1v) is 6.26. The predicted octanol–water partition coefficient (Wildman–Crippen LogP) is 2.07.